The second-order valence-electron chi connectivity index (χ2n) is 6.74. The molecule has 0 saturated heterocycles. The van der Waals surface area contributed by atoms with Crippen molar-refractivity contribution in [2.45, 2.75) is 53.4 Å². The smallest absolute Gasteiger partial charge is 0.0743 e. The number of hydrogen-bond donors (Lipinski definition) is 0. The van der Waals surface area contributed by atoms with Gasteiger partial charge in [-0.2, -0.15) is 5.10 Å². The van der Waals surface area contributed by atoms with Crippen molar-refractivity contribution < 1.29 is 0 Å². The summed E-state index contributed by atoms with van der Waals surface area (Å²) in [4.78, 5) is 0. The summed E-state index contributed by atoms with van der Waals surface area (Å²) in [6, 6.07) is 21.3. The molecule has 0 radical (unpaired) electrons. The number of aromatic nitrogens is 2. The van der Waals surface area contributed by atoms with E-state index in [1.165, 1.54) is 11.1 Å². The lowest BCUT2D eigenvalue weighted by Crippen LogP contribution is -2.15. The number of rotatable bonds is 4. The molecule has 0 aliphatic rings. The SMILES string of the molecule is CC.CCC(C)(C)c1cccc(-c2cc(C)nn2-c2ccccc2)c1. The van der Waals surface area contributed by atoms with Crippen molar-refractivity contribution in [3.05, 3.63) is 71.9 Å². The molecule has 2 nitrogen and oxygen atoms in total. The van der Waals surface area contributed by atoms with Crippen LogP contribution in [0.2, 0.25) is 0 Å². The quantitative estimate of drug-likeness (QED) is 0.528. The van der Waals surface area contributed by atoms with E-state index in [4.69, 9.17) is 0 Å². The monoisotopic (exact) mass is 334 g/mol. The van der Waals surface area contributed by atoms with Crippen molar-refractivity contribution in [3.8, 4) is 16.9 Å². The largest absolute Gasteiger partial charge is 0.233 e. The van der Waals surface area contributed by atoms with Crippen LogP contribution in [-0.2, 0) is 5.41 Å². The summed E-state index contributed by atoms with van der Waals surface area (Å²) in [6.45, 7) is 12.9. The Morgan fingerprint density at radius 1 is 0.920 bits per heavy atom. The maximum atomic E-state index is 4.69. The van der Waals surface area contributed by atoms with E-state index in [-0.39, 0.29) is 5.41 Å². The summed E-state index contributed by atoms with van der Waals surface area (Å²) in [6.07, 6.45) is 1.12. The molecule has 3 rings (SSSR count). The molecule has 0 atom stereocenters. The van der Waals surface area contributed by atoms with Crippen LogP contribution in [0.15, 0.2) is 60.7 Å². The van der Waals surface area contributed by atoms with Crippen molar-refractivity contribution in [3.63, 3.8) is 0 Å². The van der Waals surface area contributed by atoms with Gasteiger partial charge in [-0.05, 0) is 48.6 Å². The third-order valence-electron chi connectivity index (χ3n) is 4.66. The van der Waals surface area contributed by atoms with Gasteiger partial charge in [0, 0.05) is 5.56 Å². The highest BCUT2D eigenvalue weighted by Gasteiger charge is 2.19. The summed E-state index contributed by atoms with van der Waals surface area (Å²) in [5, 5.41) is 4.69. The first-order chi connectivity index (χ1) is 12.0. The lowest BCUT2D eigenvalue weighted by molar-refractivity contribution is 0.506. The fourth-order valence-electron chi connectivity index (χ4n) is 2.77. The molecule has 1 aromatic heterocycles. The van der Waals surface area contributed by atoms with Gasteiger partial charge in [-0.1, -0.05) is 71.0 Å². The van der Waals surface area contributed by atoms with E-state index in [0.717, 1.165) is 23.5 Å². The van der Waals surface area contributed by atoms with E-state index < -0.39 is 0 Å². The Kier molecular flexibility index (Phi) is 6.19. The fraction of sp³-hybridized carbons (Fsp3) is 0.348. The second kappa shape index (κ2) is 8.15. The van der Waals surface area contributed by atoms with Gasteiger partial charge in [-0.3, -0.25) is 0 Å². The van der Waals surface area contributed by atoms with Gasteiger partial charge in [-0.25, -0.2) is 4.68 Å². The third kappa shape index (κ3) is 4.19. The Bertz CT molecular complexity index is 798. The van der Waals surface area contributed by atoms with Crippen LogP contribution in [-0.4, -0.2) is 9.78 Å². The minimum absolute atomic E-state index is 0.183. The molecule has 25 heavy (non-hydrogen) atoms. The molecule has 2 aromatic carbocycles. The Morgan fingerprint density at radius 2 is 1.60 bits per heavy atom. The maximum absolute atomic E-state index is 4.69. The number of nitrogens with zero attached hydrogens (tertiary/aromatic N) is 2. The average molecular weight is 335 g/mol. The predicted octanol–water partition coefficient (Wildman–Crippen LogP) is 6.56. The molecule has 0 fully saturated rings. The van der Waals surface area contributed by atoms with Gasteiger partial charge in [0.15, 0.2) is 0 Å². The third-order valence-corrected chi connectivity index (χ3v) is 4.66. The fourth-order valence-corrected chi connectivity index (χ4v) is 2.77. The van der Waals surface area contributed by atoms with E-state index in [1.54, 1.807) is 0 Å². The van der Waals surface area contributed by atoms with Crippen molar-refractivity contribution in [1.82, 2.24) is 9.78 Å². The van der Waals surface area contributed by atoms with Crippen molar-refractivity contribution in [2.24, 2.45) is 0 Å². The molecule has 132 valence electrons. The number of aryl methyl sites for hydroxylation is 1. The van der Waals surface area contributed by atoms with Gasteiger partial charge in [0.05, 0.1) is 17.1 Å². The van der Waals surface area contributed by atoms with E-state index in [2.05, 4.69) is 68.3 Å². The lowest BCUT2D eigenvalue weighted by Gasteiger charge is -2.24. The van der Waals surface area contributed by atoms with Crippen molar-refractivity contribution in [2.75, 3.05) is 0 Å². The molecule has 0 aliphatic heterocycles. The molecule has 0 aliphatic carbocycles. The molecular weight excluding hydrogens is 304 g/mol. The first-order valence-corrected chi connectivity index (χ1v) is 9.24. The van der Waals surface area contributed by atoms with Crippen LogP contribution >= 0.6 is 0 Å². The highest BCUT2D eigenvalue weighted by molar-refractivity contribution is 5.64. The lowest BCUT2D eigenvalue weighted by atomic mass is 9.81. The van der Waals surface area contributed by atoms with E-state index in [9.17, 15) is 0 Å². The Morgan fingerprint density at radius 3 is 2.24 bits per heavy atom. The molecule has 0 amide bonds. The normalized spacial score (nSPS) is 11.0. The molecule has 0 bridgehead atoms. The van der Waals surface area contributed by atoms with Gasteiger partial charge in [0.1, 0.15) is 0 Å². The standard InChI is InChI=1S/C21H24N2.C2H6/c1-5-21(3,4)18-11-9-10-17(15-18)20-14-16(2)22-23(20)19-12-7-6-8-13-19;1-2/h6-15H,5H2,1-4H3;1-2H3. The zero-order valence-electron chi connectivity index (χ0n) is 16.4. The Hall–Kier alpha value is -2.35. The van der Waals surface area contributed by atoms with Crippen LogP contribution in [0.25, 0.3) is 16.9 Å². The van der Waals surface area contributed by atoms with Crippen LogP contribution in [0.4, 0.5) is 0 Å². The average Bonchev–Trinajstić information content (AvgIpc) is 3.06. The number of hydrogen-bond acceptors (Lipinski definition) is 1. The molecule has 0 saturated carbocycles. The van der Waals surface area contributed by atoms with Gasteiger partial charge < -0.3 is 0 Å². The highest BCUT2D eigenvalue weighted by Crippen LogP contribution is 2.31. The molecule has 0 spiro atoms. The molecule has 2 heteroatoms. The zero-order valence-corrected chi connectivity index (χ0v) is 16.4. The van der Waals surface area contributed by atoms with Crippen LogP contribution in [0.1, 0.15) is 52.3 Å². The van der Waals surface area contributed by atoms with Crippen LogP contribution in [0, 0.1) is 6.92 Å². The second-order valence-corrected chi connectivity index (χ2v) is 6.74. The van der Waals surface area contributed by atoms with Crippen LogP contribution < -0.4 is 0 Å². The molecule has 0 unspecified atom stereocenters. The minimum Gasteiger partial charge on any atom is -0.233 e. The summed E-state index contributed by atoms with van der Waals surface area (Å²) in [5.74, 6) is 0. The van der Waals surface area contributed by atoms with E-state index in [0.29, 0.717) is 0 Å². The number of benzene rings is 2. The topological polar surface area (TPSA) is 17.8 Å². The summed E-state index contributed by atoms with van der Waals surface area (Å²) in [7, 11) is 0. The van der Waals surface area contributed by atoms with E-state index in [1.807, 2.05) is 43.7 Å². The van der Waals surface area contributed by atoms with Crippen LogP contribution in [0.5, 0.6) is 0 Å². The maximum Gasteiger partial charge on any atom is 0.0743 e. The Balaban J connectivity index is 0.00000109. The van der Waals surface area contributed by atoms with E-state index >= 15 is 0 Å². The number of para-hydroxylation sites is 1. The first kappa shape index (κ1) is 19.0. The zero-order chi connectivity index (χ0) is 18.4. The summed E-state index contributed by atoms with van der Waals surface area (Å²) >= 11 is 0. The molecular formula is C23H30N2. The van der Waals surface area contributed by atoms with Gasteiger partial charge >= 0.3 is 0 Å². The highest BCUT2D eigenvalue weighted by atomic mass is 15.3. The minimum atomic E-state index is 0.183. The Labute approximate surface area is 152 Å². The first-order valence-electron chi connectivity index (χ1n) is 9.24. The van der Waals surface area contributed by atoms with Crippen molar-refractivity contribution >= 4 is 0 Å². The van der Waals surface area contributed by atoms with Gasteiger partial charge in [0.25, 0.3) is 0 Å². The summed E-state index contributed by atoms with van der Waals surface area (Å²) < 4.78 is 2.04. The predicted molar refractivity (Wildman–Crippen MR) is 108 cm³/mol. The van der Waals surface area contributed by atoms with Gasteiger partial charge in [0.2, 0.25) is 0 Å². The molecule has 3 aromatic rings. The van der Waals surface area contributed by atoms with Crippen LogP contribution in [0.3, 0.4) is 0 Å². The van der Waals surface area contributed by atoms with Gasteiger partial charge in [-0.15, -0.1) is 0 Å². The molecule has 1 heterocycles. The summed E-state index contributed by atoms with van der Waals surface area (Å²) in [5.41, 5.74) is 6.04. The van der Waals surface area contributed by atoms with Crippen molar-refractivity contribution in [1.29, 1.82) is 0 Å². The molecule has 0 N–H and O–H groups in total.